The molecule has 1 rings (SSSR count). The Bertz CT molecular complexity index is 389. The van der Waals surface area contributed by atoms with E-state index in [0.717, 1.165) is 0 Å². The Hall–Kier alpha value is -0.460. The summed E-state index contributed by atoms with van der Waals surface area (Å²) in [5, 5.41) is 13.2. The fraction of sp³-hybridized carbons (Fsp3) is 0.500. The Morgan fingerprint density at radius 3 is 2.89 bits per heavy atom. The van der Waals surface area contributed by atoms with Gasteiger partial charge in [-0.15, -0.1) is 0 Å². The summed E-state index contributed by atoms with van der Waals surface area (Å²) in [7, 11) is 0.330. The van der Waals surface area contributed by atoms with Crippen molar-refractivity contribution in [2.24, 2.45) is 0 Å². The van der Waals surface area contributed by atoms with Gasteiger partial charge in [0, 0.05) is 20.2 Å². The molecule has 0 aliphatic heterocycles. The maximum absolute atomic E-state index is 12.0. The summed E-state index contributed by atoms with van der Waals surface area (Å²) < 4.78 is 16.8. The number of ether oxygens (including phenoxy) is 1. The molecule has 6 heteroatoms. The molecule has 0 saturated heterocycles. The molecule has 0 bridgehead atoms. The van der Waals surface area contributed by atoms with E-state index in [-0.39, 0.29) is 5.75 Å². The number of nitrogens with one attached hydrogen (secondary N) is 1. The Labute approximate surface area is 115 Å². The van der Waals surface area contributed by atoms with Crippen molar-refractivity contribution < 1.29 is 14.1 Å². The maximum Gasteiger partial charge on any atom is 0.0783 e. The SMILES string of the molecule is COCCNCC(O)CS(=O)c1ccccc1Cl. The third-order valence-electron chi connectivity index (χ3n) is 2.29. The van der Waals surface area contributed by atoms with Crippen LogP contribution in [0.25, 0.3) is 0 Å². The number of hydrogen-bond donors (Lipinski definition) is 2. The predicted octanol–water partition coefficient (Wildman–Crippen LogP) is 1.04. The van der Waals surface area contributed by atoms with Crippen molar-refractivity contribution in [3.63, 3.8) is 0 Å². The highest BCUT2D eigenvalue weighted by molar-refractivity contribution is 7.85. The van der Waals surface area contributed by atoms with Crippen LogP contribution in [-0.4, -0.2) is 48.0 Å². The molecule has 0 heterocycles. The highest BCUT2D eigenvalue weighted by Gasteiger charge is 2.13. The van der Waals surface area contributed by atoms with Gasteiger partial charge in [0.1, 0.15) is 0 Å². The molecule has 0 saturated carbocycles. The van der Waals surface area contributed by atoms with Crippen molar-refractivity contribution in [3.8, 4) is 0 Å². The Balaban J connectivity index is 2.38. The summed E-state index contributed by atoms with van der Waals surface area (Å²) in [6.45, 7) is 1.63. The first-order chi connectivity index (χ1) is 8.65. The molecular weight excluding hydrogens is 274 g/mol. The number of halogens is 1. The fourth-order valence-electron chi connectivity index (χ4n) is 1.40. The molecule has 0 fully saturated rings. The van der Waals surface area contributed by atoms with E-state index in [9.17, 15) is 9.32 Å². The second-order valence-corrected chi connectivity index (χ2v) is 5.66. The summed E-state index contributed by atoms with van der Waals surface area (Å²) in [6.07, 6.45) is -0.668. The smallest absolute Gasteiger partial charge is 0.0783 e. The molecule has 1 aromatic carbocycles. The van der Waals surface area contributed by atoms with E-state index in [0.29, 0.717) is 29.6 Å². The average molecular weight is 292 g/mol. The first kappa shape index (κ1) is 15.6. The fourth-order valence-corrected chi connectivity index (χ4v) is 2.95. The third kappa shape index (κ3) is 5.46. The number of methoxy groups -OCH3 is 1. The van der Waals surface area contributed by atoms with Gasteiger partial charge < -0.3 is 15.2 Å². The van der Waals surface area contributed by atoms with Gasteiger partial charge in [-0.2, -0.15) is 0 Å². The lowest BCUT2D eigenvalue weighted by molar-refractivity contribution is 0.174. The monoisotopic (exact) mass is 291 g/mol. The van der Waals surface area contributed by atoms with E-state index >= 15 is 0 Å². The minimum atomic E-state index is -1.29. The second-order valence-electron chi connectivity index (χ2n) is 3.79. The number of hydrogen-bond acceptors (Lipinski definition) is 4. The zero-order valence-electron chi connectivity index (χ0n) is 10.3. The highest BCUT2D eigenvalue weighted by Crippen LogP contribution is 2.19. The van der Waals surface area contributed by atoms with Crippen LogP contribution in [0.15, 0.2) is 29.2 Å². The van der Waals surface area contributed by atoms with Gasteiger partial charge in [0.2, 0.25) is 0 Å². The van der Waals surface area contributed by atoms with Gasteiger partial charge in [0.15, 0.2) is 0 Å². The van der Waals surface area contributed by atoms with Gasteiger partial charge in [-0.25, -0.2) is 0 Å². The first-order valence-electron chi connectivity index (χ1n) is 5.65. The van der Waals surface area contributed by atoms with Gasteiger partial charge in [-0.3, -0.25) is 4.21 Å². The molecule has 1 aromatic rings. The summed E-state index contributed by atoms with van der Waals surface area (Å²) in [4.78, 5) is 0.565. The molecule has 0 aliphatic carbocycles. The van der Waals surface area contributed by atoms with Crippen molar-refractivity contribution in [1.82, 2.24) is 5.32 Å². The number of rotatable bonds is 8. The molecular formula is C12H18ClNO3S. The van der Waals surface area contributed by atoms with Crippen LogP contribution < -0.4 is 5.32 Å². The topological polar surface area (TPSA) is 58.6 Å². The zero-order valence-corrected chi connectivity index (χ0v) is 11.8. The van der Waals surface area contributed by atoms with Crippen molar-refractivity contribution in [3.05, 3.63) is 29.3 Å². The molecule has 0 radical (unpaired) electrons. The minimum absolute atomic E-state index is 0.170. The van der Waals surface area contributed by atoms with Crippen molar-refractivity contribution in [1.29, 1.82) is 0 Å². The van der Waals surface area contributed by atoms with E-state index < -0.39 is 16.9 Å². The Morgan fingerprint density at radius 1 is 1.50 bits per heavy atom. The van der Waals surface area contributed by atoms with Crippen LogP contribution in [0.1, 0.15) is 0 Å². The van der Waals surface area contributed by atoms with E-state index in [1.807, 2.05) is 0 Å². The van der Waals surface area contributed by atoms with E-state index in [4.69, 9.17) is 16.3 Å². The van der Waals surface area contributed by atoms with Crippen LogP contribution in [-0.2, 0) is 15.5 Å². The number of benzene rings is 1. The Morgan fingerprint density at radius 2 is 2.22 bits per heavy atom. The predicted molar refractivity (Wildman–Crippen MR) is 73.5 cm³/mol. The van der Waals surface area contributed by atoms with Gasteiger partial charge in [0.25, 0.3) is 0 Å². The highest BCUT2D eigenvalue weighted by atomic mass is 35.5. The lowest BCUT2D eigenvalue weighted by Gasteiger charge is -2.12. The van der Waals surface area contributed by atoms with Crippen LogP contribution in [0.4, 0.5) is 0 Å². The van der Waals surface area contributed by atoms with Gasteiger partial charge in [-0.05, 0) is 12.1 Å². The molecule has 102 valence electrons. The van der Waals surface area contributed by atoms with E-state index in [2.05, 4.69) is 5.32 Å². The zero-order chi connectivity index (χ0) is 13.4. The van der Waals surface area contributed by atoms with Crippen molar-refractivity contribution in [2.75, 3.05) is 32.6 Å². The summed E-state index contributed by atoms with van der Waals surface area (Å²) in [5.74, 6) is 0.170. The van der Waals surface area contributed by atoms with Crippen molar-refractivity contribution >= 4 is 22.4 Å². The van der Waals surface area contributed by atoms with E-state index in [1.54, 1.807) is 31.4 Å². The summed E-state index contributed by atoms with van der Waals surface area (Å²) in [6, 6.07) is 6.97. The number of aliphatic hydroxyl groups excluding tert-OH is 1. The molecule has 0 amide bonds. The molecule has 0 spiro atoms. The summed E-state index contributed by atoms with van der Waals surface area (Å²) >= 11 is 5.94. The van der Waals surface area contributed by atoms with Gasteiger partial charge in [-0.1, -0.05) is 23.7 Å². The standard InChI is InChI=1S/C12H18ClNO3S/c1-17-7-6-14-8-10(15)9-18(16)12-5-3-2-4-11(12)13/h2-5,10,14-15H,6-9H2,1H3. The van der Waals surface area contributed by atoms with Crippen LogP contribution in [0, 0.1) is 0 Å². The van der Waals surface area contributed by atoms with E-state index in [1.165, 1.54) is 0 Å². The number of aliphatic hydroxyl groups is 1. The average Bonchev–Trinajstić information content (AvgIpc) is 2.35. The Kier molecular flexibility index (Phi) is 7.46. The third-order valence-corrected chi connectivity index (χ3v) is 4.26. The maximum atomic E-state index is 12.0. The lowest BCUT2D eigenvalue weighted by Crippen LogP contribution is -2.32. The summed E-state index contributed by atoms with van der Waals surface area (Å²) in [5.41, 5.74) is 0. The van der Waals surface area contributed by atoms with Crippen LogP contribution in [0.2, 0.25) is 5.02 Å². The van der Waals surface area contributed by atoms with Crippen LogP contribution in [0.3, 0.4) is 0 Å². The normalized spacial score (nSPS) is 14.4. The molecule has 2 atom stereocenters. The largest absolute Gasteiger partial charge is 0.391 e. The first-order valence-corrected chi connectivity index (χ1v) is 7.35. The van der Waals surface area contributed by atoms with Crippen LogP contribution in [0.5, 0.6) is 0 Å². The minimum Gasteiger partial charge on any atom is -0.391 e. The molecule has 18 heavy (non-hydrogen) atoms. The molecule has 4 nitrogen and oxygen atoms in total. The molecule has 0 aromatic heterocycles. The lowest BCUT2D eigenvalue weighted by atomic mass is 10.4. The molecule has 2 N–H and O–H groups in total. The van der Waals surface area contributed by atoms with Crippen LogP contribution >= 0.6 is 11.6 Å². The molecule has 2 unspecified atom stereocenters. The van der Waals surface area contributed by atoms with Gasteiger partial charge in [0.05, 0.1) is 39.2 Å². The van der Waals surface area contributed by atoms with Gasteiger partial charge >= 0.3 is 0 Å². The quantitative estimate of drug-likeness (QED) is 0.703. The second kappa shape index (κ2) is 8.61. The molecule has 0 aliphatic rings. The van der Waals surface area contributed by atoms with Crippen molar-refractivity contribution in [2.45, 2.75) is 11.0 Å².